The molecule has 6 heteroatoms. The Bertz CT molecular complexity index is 1800. The van der Waals surface area contributed by atoms with Crippen LogP contribution in [-0.4, -0.2) is 29.1 Å². The Kier molecular flexibility index (Phi) is 7.78. The number of para-hydroxylation sites is 1. The third-order valence-corrected chi connectivity index (χ3v) is 6.86. The first-order valence-corrected chi connectivity index (χ1v) is 13.5. The van der Waals surface area contributed by atoms with Crippen LogP contribution >= 0.6 is 0 Å². The molecule has 1 aromatic heterocycles. The summed E-state index contributed by atoms with van der Waals surface area (Å²) in [6.45, 7) is 12.9. The Morgan fingerprint density at radius 2 is 1.73 bits per heavy atom. The van der Waals surface area contributed by atoms with Gasteiger partial charge in [0.15, 0.2) is 5.82 Å². The lowest BCUT2D eigenvalue weighted by Crippen LogP contribution is -2.21. The van der Waals surface area contributed by atoms with Gasteiger partial charge in [0.1, 0.15) is 18.1 Å². The maximum absolute atomic E-state index is 13.9. The van der Waals surface area contributed by atoms with Crippen LogP contribution in [0.3, 0.4) is 0 Å². The van der Waals surface area contributed by atoms with Crippen molar-refractivity contribution >= 4 is 27.9 Å². The lowest BCUT2D eigenvalue weighted by Gasteiger charge is -2.18. The van der Waals surface area contributed by atoms with E-state index < -0.39 is 0 Å². The highest BCUT2D eigenvalue weighted by Crippen LogP contribution is 2.34. The Labute approximate surface area is 234 Å². The van der Waals surface area contributed by atoms with Gasteiger partial charge in [-0.2, -0.15) is 9.78 Å². The van der Waals surface area contributed by atoms with Crippen LogP contribution in [0.1, 0.15) is 43.4 Å². The summed E-state index contributed by atoms with van der Waals surface area (Å²) >= 11 is 0. The molecule has 0 bridgehead atoms. The summed E-state index contributed by atoms with van der Waals surface area (Å²) in [6.07, 6.45) is 3.39. The van der Waals surface area contributed by atoms with Crippen molar-refractivity contribution < 1.29 is 9.47 Å². The van der Waals surface area contributed by atoms with Gasteiger partial charge in [0, 0.05) is 11.1 Å². The third-order valence-electron chi connectivity index (χ3n) is 6.86. The number of rotatable bonds is 9. The van der Waals surface area contributed by atoms with E-state index in [0.717, 1.165) is 38.8 Å². The highest BCUT2D eigenvalue weighted by Gasteiger charge is 2.19. The fraction of sp³-hybridized carbons (Fsp3) is 0.206. The maximum atomic E-state index is 13.9. The lowest BCUT2D eigenvalue weighted by molar-refractivity contribution is 0.335. The highest BCUT2D eigenvalue weighted by atomic mass is 16.5. The second-order valence-electron chi connectivity index (χ2n) is 9.90. The van der Waals surface area contributed by atoms with Crippen LogP contribution < -0.4 is 15.0 Å². The SMILES string of the molecule is C=CCOc1ccc2ccccc2c1C=Nn1c(-c2cc(C(C)C)c(OCC)cc2C)nc2ccccc2c1=O. The second kappa shape index (κ2) is 11.6. The van der Waals surface area contributed by atoms with Gasteiger partial charge in [-0.1, -0.05) is 69.0 Å². The van der Waals surface area contributed by atoms with Gasteiger partial charge in [0.25, 0.3) is 5.56 Å². The summed E-state index contributed by atoms with van der Waals surface area (Å²) in [5.41, 5.74) is 3.97. The minimum Gasteiger partial charge on any atom is -0.494 e. The first kappa shape index (κ1) is 26.9. The first-order valence-electron chi connectivity index (χ1n) is 13.5. The number of hydrogen-bond donors (Lipinski definition) is 0. The molecular formula is C34H33N3O3. The van der Waals surface area contributed by atoms with Crippen LogP contribution in [0, 0.1) is 6.92 Å². The Morgan fingerprint density at radius 1 is 0.975 bits per heavy atom. The van der Waals surface area contributed by atoms with Crippen LogP contribution in [0.25, 0.3) is 33.1 Å². The van der Waals surface area contributed by atoms with Crippen molar-refractivity contribution in [2.45, 2.75) is 33.6 Å². The molecular weight excluding hydrogens is 498 g/mol. The molecule has 0 fully saturated rings. The molecule has 4 aromatic carbocycles. The van der Waals surface area contributed by atoms with E-state index in [4.69, 9.17) is 19.6 Å². The van der Waals surface area contributed by atoms with Gasteiger partial charge in [-0.05, 0) is 72.0 Å². The number of ether oxygens (including phenoxy) is 2. The molecule has 0 radical (unpaired) electrons. The van der Waals surface area contributed by atoms with E-state index >= 15 is 0 Å². The van der Waals surface area contributed by atoms with Crippen molar-refractivity contribution in [2.24, 2.45) is 5.10 Å². The average molecular weight is 532 g/mol. The summed E-state index contributed by atoms with van der Waals surface area (Å²) in [7, 11) is 0. The van der Waals surface area contributed by atoms with E-state index in [1.54, 1.807) is 18.4 Å². The topological polar surface area (TPSA) is 65.7 Å². The van der Waals surface area contributed by atoms with Crippen molar-refractivity contribution in [1.29, 1.82) is 0 Å². The summed E-state index contributed by atoms with van der Waals surface area (Å²) in [5.74, 6) is 2.18. The van der Waals surface area contributed by atoms with Crippen LogP contribution in [0.4, 0.5) is 0 Å². The lowest BCUT2D eigenvalue weighted by atomic mass is 9.96. The molecule has 0 saturated carbocycles. The second-order valence-corrected chi connectivity index (χ2v) is 9.90. The van der Waals surface area contributed by atoms with E-state index in [2.05, 4.69) is 26.5 Å². The molecule has 0 N–H and O–H groups in total. The molecule has 202 valence electrons. The molecule has 6 nitrogen and oxygen atoms in total. The number of hydrogen-bond acceptors (Lipinski definition) is 5. The van der Waals surface area contributed by atoms with Crippen molar-refractivity contribution in [2.75, 3.05) is 13.2 Å². The van der Waals surface area contributed by atoms with Gasteiger partial charge in [0.05, 0.1) is 23.7 Å². The molecule has 0 unspecified atom stereocenters. The number of fused-ring (bicyclic) bond motifs is 2. The zero-order valence-corrected chi connectivity index (χ0v) is 23.3. The Hall–Kier alpha value is -4.71. The average Bonchev–Trinajstić information content (AvgIpc) is 2.96. The van der Waals surface area contributed by atoms with Gasteiger partial charge in [-0.25, -0.2) is 4.98 Å². The summed E-state index contributed by atoms with van der Waals surface area (Å²) in [6, 6.07) is 23.4. The standard InChI is InChI=1S/C34H33N3O3/c1-6-18-40-31-17-16-24-12-8-9-13-25(24)29(31)21-35-37-33(36-30-15-11-10-14-26(30)34(37)38)28-20-27(22(3)4)32(39-7-2)19-23(28)5/h6,8-17,19-22H,1,7,18H2,2-5H3. The Balaban J connectivity index is 1.77. The van der Waals surface area contributed by atoms with Crippen molar-refractivity contribution in [3.63, 3.8) is 0 Å². The number of nitrogens with zero attached hydrogens (tertiary/aromatic N) is 3. The third kappa shape index (κ3) is 5.13. The zero-order valence-electron chi connectivity index (χ0n) is 23.3. The monoisotopic (exact) mass is 531 g/mol. The van der Waals surface area contributed by atoms with E-state index in [0.29, 0.717) is 35.7 Å². The molecule has 5 aromatic rings. The summed E-state index contributed by atoms with van der Waals surface area (Å²) in [5, 5.41) is 7.29. The predicted molar refractivity (Wildman–Crippen MR) is 164 cm³/mol. The van der Waals surface area contributed by atoms with Crippen LogP contribution in [0.5, 0.6) is 11.5 Å². The maximum Gasteiger partial charge on any atom is 0.282 e. The molecule has 0 aliphatic heterocycles. The van der Waals surface area contributed by atoms with Crippen molar-refractivity contribution in [3.05, 3.63) is 112 Å². The molecule has 0 aliphatic carbocycles. The van der Waals surface area contributed by atoms with Gasteiger partial charge in [-0.3, -0.25) is 4.79 Å². The molecule has 5 rings (SSSR count). The van der Waals surface area contributed by atoms with E-state index in [9.17, 15) is 4.79 Å². The predicted octanol–water partition coefficient (Wildman–Crippen LogP) is 7.49. The normalized spacial score (nSPS) is 11.5. The quantitative estimate of drug-likeness (QED) is 0.146. The molecule has 0 aliphatic rings. The molecule has 0 atom stereocenters. The van der Waals surface area contributed by atoms with E-state index in [1.807, 2.05) is 74.5 Å². The highest BCUT2D eigenvalue weighted by molar-refractivity contribution is 6.02. The van der Waals surface area contributed by atoms with Crippen LogP contribution in [-0.2, 0) is 0 Å². The van der Waals surface area contributed by atoms with Gasteiger partial charge in [0.2, 0.25) is 0 Å². The molecule has 0 saturated heterocycles. The zero-order chi connectivity index (χ0) is 28.2. The van der Waals surface area contributed by atoms with Crippen LogP contribution in [0.2, 0.25) is 0 Å². The van der Waals surface area contributed by atoms with Gasteiger partial charge in [-0.15, -0.1) is 0 Å². The summed E-state index contributed by atoms with van der Waals surface area (Å²) < 4.78 is 13.3. The molecule has 1 heterocycles. The minimum atomic E-state index is -0.245. The Morgan fingerprint density at radius 3 is 2.48 bits per heavy atom. The molecule has 0 spiro atoms. The van der Waals surface area contributed by atoms with Crippen molar-refractivity contribution in [1.82, 2.24) is 9.66 Å². The van der Waals surface area contributed by atoms with Gasteiger partial charge < -0.3 is 9.47 Å². The molecule has 40 heavy (non-hydrogen) atoms. The molecule has 0 amide bonds. The van der Waals surface area contributed by atoms with Crippen molar-refractivity contribution in [3.8, 4) is 22.9 Å². The number of aromatic nitrogens is 2. The minimum absolute atomic E-state index is 0.213. The fourth-order valence-electron chi connectivity index (χ4n) is 4.87. The fourth-order valence-corrected chi connectivity index (χ4v) is 4.87. The largest absolute Gasteiger partial charge is 0.494 e. The smallest absolute Gasteiger partial charge is 0.282 e. The van der Waals surface area contributed by atoms with Crippen LogP contribution in [0.15, 0.2) is 95.3 Å². The number of benzene rings is 4. The summed E-state index contributed by atoms with van der Waals surface area (Å²) in [4.78, 5) is 18.9. The van der Waals surface area contributed by atoms with Gasteiger partial charge >= 0.3 is 0 Å². The van der Waals surface area contributed by atoms with E-state index in [1.165, 1.54) is 4.68 Å². The first-order chi connectivity index (χ1) is 19.4. The number of aryl methyl sites for hydroxylation is 1. The van der Waals surface area contributed by atoms with E-state index in [-0.39, 0.29) is 11.5 Å².